The molecule has 9 rings (SSSR count). The summed E-state index contributed by atoms with van der Waals surface area (Å²) in [6.07, 6.45) is 0.934. The Bertz CT molecular complexity index is 4710. The topological polar surface area (TPSA) is 586 Å². The molecule has 7 heterocycles. The van der Waals surface area contributed by atoms with E-state index in [2.05, 4.69) is 94.4 Å². The van der Waals surface area contributed by atoms with Crippen LogP contribution in [-0.2, 0) is 101 Å². The molecule has 4 saturated heterocycles. The summed E-state index contributed by atoms with van der Waals surface area (Å²) < 4.78 is 0. The Morgan fingerprint density at radius 1 is 0.508 bits per heavy atom. The zero-order valence-corrected chi connectivity index (χ0v) is 72.4. The first kappa shape index (κ1) is 96.2. The molecule has 0 aliphatic carbocycles. The number of aliphatic carboxylic acids is 2. The fourth-order valence-corrected chi connectivity index (χ4v) is 17.6. The number of carbonyl (C=O) groups excluding carboxylic acids is 15. The minimum Gasteiger partial charge on any atom is -0.481 e. The van der Waals surface area contributed by atoms with E-state index in [-0.39, 0.29) is 82.3 Å². The molecule has 4 aliphatic rings. The number of rotatable bonds is 19. The maximum Gasteiger partial charge on any atom is 0.305 e. The Morgan fingerprint density at radius 3 is 1.55 bits per heavy atom. The Labute approximate surface area is 723 Å². The molecular formula is C82H114N20O20S2. The van der Waals surface area contributed by atoms with Gasteiger partial charge in [-0.3, -0.25) is 81.5 Å². The second kappa shape index (κ2) is 44.6. The fourth-order valence-electron chi connectivity index (χ4n) is 15.3. The largest absolute Gasteiger partial charge is 0.481 e. The second-order valence-electron chi connectivity index (χ2n) is 33.2. The minimum absolute atomic E-state index is 0.0346. The van der Waals surface area contributed by atoms with Gasteiger partial charge in [0.25, 0.3) is 0 Å². The van der Waals surface area contributed by atoms with Crippen LogP contribution in [0.15, 0.2) is 73.4 Å². The third-order valence-electron chi connectivity index (χ3n) is 21.6. The van der Waals surface area contributed by atoms with E-state index in [1.807, 2.05) is 13.8 Å². The van der Waals surface area contributed by atoms with Gasteiger partial charge in [-0.25, -0.2) is 4.98 Å². The quantitative estimate of drug-likeness (QED) is 0.0405. The number of hydrogen-bond donors (Lipinski definition) is 20. The van der Waals surface area contributed by atoms with E-state index in [0.29, 0.717) is 38.6 Å². The molecule has 5 aromatic rings. The number of carboxylic acid groups (broad SMARTS) is 2. The smallest absolute Gasteiger partial charge is 0.305 e. The molecule has 0 radical (unpaired) electrons. The van der Waals surface area contributed by atoms with E-state index >= 15 is 33.6 Å². The first-order valence-corrected chi connectivity index (χ1v) is 44.0. The van der Waals surface area contributed by atoms with Gasteiger partial charge in [0.2, 0.25) is 88.6 Å². The average Bonchev–Trinajstić information content (AvgIpc) is 1.63. The number of amides is 15. The number of aromatic nitrogens is 4. The van der Waals surface area contributed by atoms with Crippen LogP contribution in [0, 0.1) is 17.8 Å². The fraction of sp³-hybridized carbons (Fsp3) is 0.561. The summed E-state index contributed by atoms with van der Waals surface area (Å²) in [5.41, 5.74) is 2.50. The predicted molar refractivity (Wildman–Crippen MR) is 455 cm³/mol. The molecule has 674 valence electrons. The van der Waals surface area contributed by atoms with Gasteiger partial charge in [0.1, 0.15) is 84.6 Å². The molecule has 0 saturated carbocycles. The van der Waals surface area contributed by atoms with Crippen LogP contribution in [0.2, 0.25) is 0 Å². The number of hydrogen-bond acceptors (Lipinski definition) is 22. The Balaban J connectivity index is 1.15. The third-order valence-corrected chi connectivity index (χ3v) is 24.1. The van der Waals surface area contributed by atoms with Crippen molar-refractivity contribution in [3.8, 4) is 0 Å². The van der Waals surface area contributed by atoms with Crippen LogP contribution in [0.4, 0.5) is 0 Å². The number of nitrogens with one attached hydrogen (secondary N) is 17. The normalized spacial score (nSPS) is 26.7. The lowest BCUT2D eigenvalue weighted by Gasteiger charge is -2.34. The van der Waals surface area contributed by atoms with Gasteiger partial charge >= 0.3 is 11.9 Å². The van der Waals surface area contributed by atoms with Crippen LogP contribution in [0.25, 0.3) is 21.8 Å². The highest BCUT2D eigenvalue weighted by Gasteiger charge is 2.49. The van der Waals surface area contributed by atoms with Gasteiger partial charge in [0.15, 0.2) is 0 Å². The first-order chi connectivity index (χ1) is 58.8. The lowest BCUT2D eigenvalue weighted by Crippen LogP contribution is -2.63. The summed E-state index contributed by atoms with van der Waals surface area (Å²) in [5, 5.41) is 70.3. The van der Waals surface area contributed by atoms with Gasteiger partial charge in [0.05, 0.1) is 25.4 Å². The van der Waals surface area contributed by atoms with Crippen molar-refractivity contribution in [2.75, 3.05) is 31.1 Å². The summed E-state index contributed by atoms with van der Waals surface area (Å²) in [6, 6.07) is -9.63. The van der Waals surface area contributed by atoms with Gasteiger partial charge in [-0.15, -0.1) is 0 Å². The van der Waals surface area contributed by atoms with E-state index in [9.17, 15) is 63.3 Å². The van der Waals surface area contributed by atoms with Crippen molar-refractivity contribution in [2.24, 2.45) is 17.8 Å². The summed E-state index contributed by atoms with van der Waals surface area (Å²) in [7, 11) is 1.58. The molecule has 16 atom stereocenters. The molecular weight excluding hydrogens is 1650 g/mol. The molecule has 124 heavy (non-hydrogen) atoms. The number of nitrogens with zero attached hydrogens (tertiary/aromatic N) is 3. The molecule has 0 spiro atoms. The number of carboxylic acids is 2. The SMILES string of the molecule is CC(C)C[C@@H]1NC(=O)[C@H](Cc2cnc[nH]2)NC(=O)[C@H](Cc2c[nH]c3ccccc23)NC(=O)[C@H](C)NC(=O)[C@@H]2CSSC[C@H](NC(=O)[C@H](Cc3c[nH]c4ccccc34)NC(=O)[C@H](C(C)C)NC(=O)[C@H](CC(C)C)NC(=O)[C@H](CCC(=O)O)NC(=O)CNC1=O)C(=O)N[C@@H]([C@@H](C)O)C(=O)N1CCC[C@@H]1C(=O)N1C[C@@H](NC(C)C)C[C@H]1C(=O)N[C@@H](CC(=O)O)C(=O)N2. The van der Waals surface area contributed by atoms with Gasteiger partial charge in [-0.2, -0.15) is 0 Å². The van der Waals surface area contributed by atoms with Crippen LogP contribution < -0.4 is 74.4 Å². The molecule has 0 unspecified atom stereocenters. The van der Waals surface area contributed by atoms with Gasteiger partial charge in [0, 0.05) is 108 Å². The van der Waals surface area contributed by atoms with Crippen LogP contribution in [-0.4, -0.2) is 280 Å². The van der Waals surface area contributed by atoms with Crippen molar-refractivity contribution in [3.63, 3.8) is 0 Å². The van der Waals surface area contributed by atoms with Crippen LogP contribution in [0.1, 0.15) is 137 Å². The second-order valence-corrected chi connectivity index (χ2v) is 35.8. The van der Waals surface area contributed by atoms with E-state index in [0.717, 1.165) is 26.5 Å². The highest BCUT2D eigenvalue weighted by Crippen LogP contribution is 2.30. The van der Waals surface area contributed by atoms with Crippen molar-refractivity contribution in [1.29, 1.82) is 0 Å². The van der Waals surface area contributed by atoms with E-state index in [4.69, 9.17) is 0 Å². The molecule has 2 bridgehead atoms. The van der Waals surface area contributed by atoms with Crippen molar-refractivity contribution in [1.82, 2.24) is 104 Å². The van der Waals surface area contributed by atoms with Gasteiger partial charge < -0.3 is 115 Å². The zero-order chi connectivity index (χ0) is 90.5. The van der Waals surface area contributed by atoms with Gasteiger partial charge in [-0.05, 0) is 93.4 Å². The number of aliphatic hydroxyl groups is 1. The van der Waals surface area contributed by atoms with Crippen molar-refractivity contribution in [2.45, 2.75) is 243 Å². The average molecular weight is 1760 g/mol. The van der Waals surface area contributed by atoms with E-state index in [1.165, 1.54) is 31.3 Å². The van der Waals surface area contributed by atoms with E-state index < -0.39 is 241 Å². The Hall–Kier alpha value is -11.7. The maximum absolute atomic E-state index is 15.6. The van der Waals surface area contributed by atoms with Crippen LogP contribution in [0.3, 0.4) is 0 Å². The number of aliphatic hydroxyl groups excluding tert-OH is 1. The highest BCUT2D eigenvalue weighted by molar-refractivity contribution is 8.76. The molecule has 4 fully saturated rings. The summed E-state index contributed by atoms with van der Waals surface area (Å²) in [6.45, 7) is 15.1. The third kappa shape index (κ3) is 26.7. The van der Waals surface area contributed by atoms with Crippen molar-refractivity contribution < 1.29 is 96.8 Å². The minimum atomic E-state index is -1.98. The molecule has 42 heteroatoms. The van der Waals surface area contributed by atoms with Gasteiger partial charge in [-0.1, -0.05) is 113 Å². The number of H-pyrrole nitrogens is 3. The number of imidazole rings is 1. The number of benzene rings is 2. The van der Waals surface area contributed by atoms with Crippen molar-refractivity contribution >= 4 is 144 Å². The lowest BCUT2D eigenvalue weighted by molar-refractivity contribution is -0.149. The lowest BCUT2D eigenvalue weighted by atomic mass is 9.98. The van der Waals surface area contributed by atoms with Crippen LogP contribution >= 0.6 is 21.6 Å². The zero-order valence-electron chi connectivity index (χ0n) is 70.7. The Kier molecular flexibility index (Phi) is 34.6. The maximum atomic E-state index is 15.6. The standard InChI is InChI=1S/C82H114N20O20S2/c1-39(2)24-54-70(110)86-34-64(104)90-53(21-22-65(105)106)71(111)93-55(25-40(3)4)76(116)99-67(41(5)6)80(120)96-57(27-46-32-85-52-19-14-12-17-50(46)52)73(113)98-61-37-124-123-36-60(77(117)89-43(9)69(109)91-56(26-45-31-84-51-18-13-11-16-49(45)51)72(112)94-58(74(114)92-54)28-47-33-83-38-87-47)97-75(115)59(30-66(107)108)95-79(119)63-29-48(88-42(7)8)35-102(63)81(121)62-20-15-23-101(62)82(122)68(44(10)103)100-78(61)118/h11-14,16-19,31-33,38-44,48,53-63,67-68,84-85,88,103H,15,20-30,34-37H2,1-10H3,(H,83,87)(H,86,110)(H,89,117)(H,90,104)(H,91,109)(H,92,114)(H,93,111)(H,94,112)(H,95,119)(H,96,120)(H,97,115)(H,98,113)(H,99,116)(H,100,118)(H,105,106)(H,107,108)/t43-,44+,48-,53-,54-,55-,56-,57-,58-,59-,60-,61-,62+,63-,67-,68-/m0/s1. The summed E-state index contributed by atoms with van der Waals surface area (Å²) in [4.78, 5) is 265. The number of aromatic amines is 3. The molecule has 2 aromatic carbocycles. The Morgan fingerprint density at radius 2 is 1.01 bits per heavy atom. The molecule has 3 aromatic heterocycles. The number of carbonyl (C=O) groups is 17. The first-order valence-electron chi connectivity index (χ1n) is 41.5. The molecule has 4 aliphatic heterocycles. The van der Waals surface area contributed by atoms with Crippen LogP contribution in [0.5, 0.6) is 0 Å². The highest BCUT2D eigenvalue weighted by atomic mass is 33.1. The monoisotopic (exact) mass is 1760 g/mol. The molecule has 20 N–H and O–H groups in total. The summed E-state index contributed by atoms with van der Waals surface area (Å²) in [5.74, 6) is -20.6. The molecule has 40 nitrogen and oxygen atoms in total. The number of fused-ring (bicyclic) bond motifs is 9. The van der Waals surface area contributed by atoms with E-state index in [1.54, 1.807) is 102 Å². The summed E-state index contributed by atoms with van der Waals surface area (Å²) >= 11 is 0. The predicted octanol–water partition coefficient (Wildman–Crippen LogP) is -1.81. The number of para-hydroxylation sites is 2. The van der Waals surface area contributed by atoms with Crippen molar-refractivity contribution in [3.05, 3.63) is 90.3 Å². The molecule has 15 amide bonds.